The Labute approximate surface area is 109 Å². The number of nitrogens with zero attached hydrogens (tertiary/aromatic N) is 3. The Morgan fingerprint density at radius 2 is 1.83 bits per heavy atom. The van der Waals surface area contributed by atoms with Gasteiger partial charge in [0.15, 0.2) is 18.9 Å². The molecule has 0 saturated carbocycles. The van der Waals surface area contributed by atoms with Crippen LogP contribution in [0.15, 0.2) is 36.9 Å². The summed E-state index contributed by atoms with van der Waals surface area (Å²) >= 11 is 0. The smallest absolute Gasteiger partial charge is 0.169 e. The second-order valence-corrected chi connectivity index (χ2v) is 5.33. The summed E-state index contributed by atoms with van der Waals surface area (Å²) in [6.45, 7) is 7.67. The highest BCUT2D eigenvalue weighted by molar-refractivity contribution is 5.12. The molecule has 3 nitrogen and oxygen atoms in total. The highest BCUT2D eigenvalue weighted by Gasteiger charge is 2.13. The van der Waals surface area contributed by atoms with Crippen molar-refractivity contribution in [2.24, 2.45) is 7.05 Å². The molecule has 0 saturated heterocycles. The first-order valence-electron chi connectivity index (χ1n) is 6.54. The minimum atomic E-state index is 0.480. The van der Waals surface area contributed by atoms with Gasteiger partial charge in [0.1, 0.15) is 0 Å². The Balaban J connectivity index is 2.05. The van der Waals surface area contributed by atoms with Crippen LogP contribution >= 0.6 is 0 Å². The highest BCUT2D eigenvalue weighted by Crippen LogP contribution is 2.14. The minimum absolute atomic E-state index is 0.480. The predicted octanol–water partition coefficient (Wildman–Crippen LogP) is 2.63. The molecule has 2 aromatic heterocycles. The SMILES string of the molecule is CC(C)c1cc[n+](CC(C)c2cnn(C)c2)cc1. The number of aryl methyl sites for hydroxylation is 1. The maximum Gasteiger partial charge on any atom is 0.169 e. The lowest BCUT2D eigenvalue weighted by Crippen LogP contribution is -2.35. The van der Waals surface area contributed by atoms with Gasteiger partial charge in [0.2, 0.25) is 0 Å². The van der Waals surface area contributed by atoms with Crippen LogP contribution < -0.4 is 4.57 Å². The average molecular weight is 244 g/mol. The molecular formula is C15H22N3+. The summed E-state index contributed by atoms with van der Waals surface area (Å²) in [6, 6.07) is 4.42. The van der Waals surface area contributed by atoms with Gasteiger partial charge in [-0.15, -0.1) is 0 Å². The van der Waals surface area contributed by atoms with Crippen LogP contribution in [0, 0.1) is 0 Å². The molecule has 2 aromatic rings. The van der Waals surface area contributed by atoms with E-state index in [1.54, 1.807) is 0 Å². The van der Waals surface area contributed by atoms with E-state index in [0.29, 0.717) is 11.8 Å². The zero-order valence-electron chi connectivity index (χ0n) is 11.7. The van der Waals surface area contributed by atoms with Crippen LogP contribution in [0.25, 0.3) is 0 Å². The molecular weight excluding hydrogens is 222 g/mol. The van der Waals surface area contributed by atoms with Crippen molar-refractivity contribution >= 4 is 0 Å². The van der Waals surface area contributed by atoms with E-state index in [0.717, 1.165) is 6.54 Å². The summed E-state index contributed by atoms with van der Waals surface area (Å²) in [5.41, 5.74) is 2.68. The van der Waals surface area contributed by atoms with Crippen LogP contribution in [0.3, 0.4) is 0 Å². The van der Waals surface area contributed by atoms with E-state index in [1.165, 1.54) is 11.1 Å². The Hall–Kier alpha value is -1.64. The van der Waals surface area contributed by atoms with Gasteiger partial charge in [-0.1, -0.05) is 20.8 Å². The van der Waals surface area contributed by atoms with Crippen molar-refractivity contribution in [2.45, 2.75) is 39.2 Å². The van der Waals surface area contributed by atoms with Crippen molar-refractivity contribution in [3.63, 3.8) is 0 Å². The highest BCUT2D eigenvalue weighted by atomic mass is 15.2. The number of aromatic nitrogens is 3. The third kappa shape index (κ3) is 2.97. The maximum atomic E-state index is 4.22. The molecule has 0 radical (unpaired) electrons. The van der Waals surface area contributed by atoms with Crippen LogP contribution in [0.1, 0.15) is 43.7 Å². The van der Waals surface area contributed by atoms with Crippen LogP contribution in [-0.2, 0) is 13.6 Å². The number of pyridine rings is 1. The molecule has 2 heterocycles. The molecule has 0 aliphatic heterocycles. The van der Waals surface area contributed by atoms with Crippen molar-refractivity contribution < 1.29 is 4.57 Å². The summed E-state index contributed by atoms with van der Waals surface area (Å²) in [5.74, 6) is 1.07. The molecule has 1 atom stereocenters. The summed E-state index contributed by atoms with van der Waals surface area (Å²) in [5, 5.41) is 4.22. The third-order valence-electron chi connectivity index (χ3n) is 3.36. The first kappa shape index (κ1) is 12.8. The predicted molar refractivity (Wildman–Crippen MR) is 72.3 cm³/mol. The van der Waals surface area contributed by atoms with Crippen molar-refractivity contribution in [1.82, 2.24) is 9.78 Å². The molecule has 0 bridgehead atoms. The van der Waals surface area contributed by atoms with E-state index in [9.17, 15) is 0 Å². The zero-order chi connectivity index (χ0) is 13.1. The summed E-state index contributed by atoms with van der Waals surface area (Å²) < 4.78 is 4.10. The topological polar surface area (TPSA) is 21.7 Å². The molecule has 0 amide bonds. The molecule has 0 aliphatic rings. The molecule has 3 heteroatoms. The second-order valence-electron chi connectivity index (χ2n) is 5.33. The average Bonchev–Trinajstić information content (AvgIpc) is 2.76. The first-order chi connectivity index (χ1) is 8.56. The van der Waals surface area contributed by atoms with E-state index in [1.807, 2.05) is 17.9 Å². The fraction of sp³-hybridized carbons (Fsp3) is 0.467. The quantitative estimate of drug-likeness (QED) is 0.758. The fourth-order valence-electron chi connectivity index (χ4n) is 2.09. The minimum Gasteiger partial charge on any atom is -0.276 e. The summed E-state index contributed by atoms with van der Waals surface area (Å²) in [6.07, 6.45) is 8.38. The molecule has 0 N–H and O–H groups in total. The van der Waals surface area contributed by atoms with Gasteiger partial charge in [-0.3, -0.25) is 4.68 Å². The van der Waals surface area contributed by atoms with E-state index in [2.05, 4.69) is 61.2 Å². The molecule has 0 aliphatic carbocycles. The third-order valence-corrected chi connectivity index (χ3v) is 3.36. The number of hydrogen-bond acceptors (Lipinski definition) is 1. The Morgan fingerprint density at radius 3 is 2.33 bits per heavy atom. The largest absolute Gasteiger partial charge is 0.276 e. The van der Waals surface area contributed by atoms with Gasteiger partial charge in [0.25, 0.3) is 0 Å². The monoisotopic (exact) mass is 244 g/mol. The lowest BCUT2D eigenvalue weighted by Gasteiger charge is -2.07. The number of rotatable bonds is 4. The van der Waals surface area contributed by atoms with Crippen LogP contribution in [0.2, 0.25) is 0 Å². The van der Waals surface area contributed by atoms with Crippen molar-refractivity contribution in [3.05, 3.63) is 48.0 Å². The molecule has 0 fully saturated rings. The first-order valence-corrected chi connectivity index (χ1v) is 6.54. The lowest BCUT2D eigenvalue weighted by atomic mass is 10.0. The van der Waals surface area contributed by atoms with Gasteiger partial charge >= 0.3 is 0 Å². The normalized spacial score (nSPS) is 12.9. The standard InChI is InChI=1S/C15H22N3/c1-12(2)14-5-7-18(8-6-14)10-13(3)15-9-16-17(4)11-15/h5-9,11-13H,10H2,1-4H3/q+1. The zero-order valence-corrected chi connectivity index (χ0v) is 11.7. The Kier molecular flexibility index (Phi) is 3.80. The molecule has 0 spiro atoms. The van der Waals surface area contributed by atoms with Gasteiger partial charge in [-0.25, -0.2) is 4.57 Å². The van der Waals surface area contributed by atoms with Gasteiger partial charge in [0.05, 0.1) is 6.20 Å². The lowest BCUT2D eigenvalue weighted by molar-refractivity contribution is -0.699. The Morgan fingerprint density at radius 1 is 1.17 bits per heavy atom. The maximum absolute atomic E-state index is 4.22. The molecule has 96 valence electrons. The Bertz CT molecular complexity index is 497. The van der Waals surface area contributed by atoms with Gasteiger partial charge in [-0.2, -0.15) is 5.10 Å². The van der Waals surface area contributed by atoms with E-state index >= 15 is 0 Å². The van der Waals surface area contributed by atoms with Gasteiger partial charge < -0.3 is 0 Å². The fourth-order valence-corrected chi connectivity index (χ4v) is 2.09. The van der Waals surface area contributed by atoms with Crippen molar-refractivity contribution in [2.75, 3.05) is 0 Å². The summed E-state index contributed by atoms with van der Waals surface area (Å²) in [7, 11) is 1.96. The van der Waals surface area contributed by atoms with Gasteiger partial charge in [-0.05, 0) is 17.0 Å². The van der Waals surface area contributed by atoms with E-state index < -0.39 is 0 Å². The van der Waals surface area contributed by atoms with Crippen LogP contribution in [0.4, 0.5) is 0 Å². The van der Waals surface area contributed by atoms with Crippen molar-refractivity contribution in [3.8, 4) is 0 Å². The summed E-state index contributed by atoms with van der Waals surface area (Å²) in [4.78, 5) is 0. The van der Waals surface area contributed by atoms with Crippen LogP contribution in [0.5, 0.6) is 0 Å². The van der Waals surface area contributed by atoms with E-state index in [-0.39, 0.29) is 0 Å². The number of hydrogen-bond donors (Lipinski definition) is 0. The van der Waals surface area contributed by atoms with Crippen LogP contribution in [-0.4, -0.2) is 9.78 Å². The second kappa shape index (κ2) is 5.34. The molecule has 18 heavy (non-hydrogen) atoms. The molecule has 1 unspecified atom stereocenters. The molecule has 0 aromatic carbocycles. The van der Waals surface area contributed by atoms with E-state index in [4.69, 9.17) is 0 Å². The van der Waals surface area contributed by atoms with Gasteiger partial charge in [0, 0.05) is 31.3 Å². The molecule has 2 rings (SSSR count). The van der Waals surface area contributed by atoms with Crippen molar-refractivity contribution in [1.29, 1.82) is 0 Å².